The smallest absolute Gasteiger partial charge is 0.408 e. The molecule has 0 heterocycles. The van der Waals surface area contributed by atoms with Crippen LogP contribution in [0.2, 0.25) is 0 Å². The van der Waals surface area contributed by atoms with Gasteiger partial charge in [-0.25, -0.2) is 4.79 Å². The number of amides is 3. The fourth-order valence-electron chi connectivity index (χ4n) is 3.50. The number of aryl methyl sites for hydroxylation is 1. The molecule has 0 aromatic heterocycles. The maximum absolute atomic E-state index is 13.5. The summed E-state index contributed by atoms with van der Waals surface area (Å²) >= 11 is 0. The van der Waals surface area contributed by atoms with Gasteiger partial charge in [-0.2, -0.15) is 0 Å². The van der Waals surface area contributed by atoms with E-state index in [2.05, 4.69) is 10.6 Å². The lowest BCUT2D eigenvalue weighted by Gasteiger charge is -2.43. The maximum atomic E-state index is 13.5. The number of benzene rings is 1. The third-order valence-corrected chi connectivity index (χ3v) is 5.18. The Labute approximate surface area is 185 Å². The Morgan fingerprint density at radius 1 is 1.03 bits per heavy atom. The molecule has 2 unspecified atom stereocenters. The number of hydrogen-bond donors (Lipinski definition) is 2. The largest absolute Gasteiger partial charge is 0.444 e. The SMILES string of the molecule is Cc1ccc(C(C(=O)NC(C)C)N(C(=O)C(C)NC(=O)OC(C)(C)C)C2CCC2)cc1. The van der Waals surface area contributed by atoms with Gasteiger partial charge in [-0.1, -0.05) is 29.8 Å². The van der Waals surface area contributed by atoms with Crippen LogP contribution in [0.3, 0.4) is 0 Å². The molecule has 2 atom stereocenters. The molecule has 172 valence electrons. The summed E-state index contributed by atoms with van der Waals surface area (Å²) in [4.78, 5) is 40.7. The van der Waals surface area contributed by atoms with Gasteiger partial charge in [-0.15, -0.1) is 0 Å². The number of carbonyl (C=O) groups excluding carboxylic acids is 3. The second-order valence-electron chi connectivity index (χ2n) is 9.67. The highest BCUT2D eigenvalue weighted by atomic mass is 16.6. The fraction of sp³-hybridized carbons (Fsp3) is 0.625. The van der Waals surface area contributed by atoms with Crippen LogP contribution in [-0.4, -0.2) is 46.5 Å². The lowest BCUT2D eigenvalue weighted by Crippen LogP contribution is -2.57. The molecule has 1 aliphatic rings. The topological polar surface area (TPSA) is 87.7 Å². The Morgan fingerprint density at radius 2 is 1.61 bits per heavy atom. The van der Waals surface area contributed by atoms with Gasteiger partial charge in [0.15, 0.2) is 0 Å². The highest BCUT2D eigenvalue weighted by molar-refractivity contribution is 5.92. The van der Waals surface area contributed by atoms with Gasteiger partial charge < -0.3 is 20.3 Å². The van der Waals surface area contributed by atoms with Crippen molar-refractivity contribution in [3.8, 4) is 0 Å². The van der Waals surface area contributed by atoms with Crippen LogP contribution in [-0.2, 0) is 14.3 Å². The monoisotopic (exact) mass is 431 g/mol. The molecule has 1 saturated carbocycles. The van der Waals surface area contributed by atoms with Crippen molar-refractivity contribution >= 4 is 17.9 Å². The van der Waals surface area contributed by atoms with Crippen molar-refractivity contribution in [1.29, 1.82) is 0 Å². The Bertz CT molecular complexity index is 779. The van der Waals surface area contributed by atoms with Gasteiger partial charge in [0.1, 0.15) is 17.7 Å². The molecule has 1 aromatic rings. The summed E-state index contributed by atoms with van der Waals surface area (Å²) < 4.78 is 5.30. The van der Waals surface area contributed by atoms with Crippen LogP contribution < -0.4 is 10.6 Å². The van der Waals surface area contributed by atoms with E-state index >= 15 is 0 Å². The first-order valence-corrected chi connectivity index (χ1v) is 11.1. The minimum absolute atomic E-state index is 0.0420. The summed E-state index contributed by atoms with van der Waals surface area (Å²) in [5.74, 6) is -0.511. The number of nitrogens with one attached hydrogen (secondary N) is 2. The minimum Gasteiger partial charge on any atom is -0.444 e. The molecular formula is C24H37N3O4. The number of ether oxygens (including phenoxy) is 1. The normalized spacial score (nSPS) is 16.1. The lowest BCUT2D eigenvalue weighted by molar-refractivity contribution is -0.147. The van der Waals surface area contributed by atoms with E-state index in [0.29, 0.717) is 0 Å². The van der Waals surface area contributed by atoms with Crippen LogP contribution >= 0.6 is 0 Å². The molecule has 1 aliphatic carbocycles. The molecule has 2 N–H and O–H groups in total. The van der Waals surface area contributed by atoms with Gasteiger partial charge in [0.2, 0.25) is 11.8 Å². The molecule has 1 fully saturated rings. The second-order valence-corrected chi connectivity index (χ2v) is 9.67. The first-order valence-electron chi connectivity index (χ1n) is 11.1. The predicted molar refractivity (Wildman–Crippen MR) is 121 cm³/mol. The molecular weight excluding hydrogens is 394 g/mol. The molecule has 0 spiro atoms. The molecule has 7 nitrogen and oxygen atoms in total. The van der Waals surface area contributed by atoms with Crippen LogP contribution in [0.1, 0.15) is 78.0 Å². The van der Waals surface area contributed by atoms with Crippen molar-refractivity contribution in [2.75, 3.05) is 0 Å². The Kier molecular flexibility index (Phi) is 8.09. The van der Waals surface area contributed by atoms with Crippen molar-refractivity contribution < 1.29 is 19.1 Å². The molecule has 2 rings (SSSR count). The number of hydrogen-bond acceptors (Lipinski definition) is 4. The van der Waals surface area contributed by atoms with Crippen LogP contribution in [0.25, 0.3) is 0 Å². The van der Waals surface area contributed by atoms with Crippen molar-refractivity contribution in [3.05, 3.63) is 35.4 Å². The summed E-state index contributed by atoms with van der Waals surface area (Å²) in [6.07, 6.45) is 2.03. The highest BCUT2D eigenvalue weighted by Crippen LogP contribution is 2.33. The van der Waals surface area contributed by atoms with Crippen LogP contribution in [0.5, 0.6) is 0 Å². The summed E-state index contributed by atoms with van der Waals surface area (Å²) in [5.41, 5.74) is 1.17. The van der Waals surface area contributed by atoms with Gasteiger partial charge >= 0.3 is 6.09 Å². The number of carbonyl (C=O) groups is 3. The maximum Gasteiger partial charge on any atom is 0.408 e. The second kappa shape index (κ2) is 10.2. The molecule has 0 radical (unpaired) electrons. The van der Waals surface area contributed by atoms with Crippen LogP contribution in [0.4, 0.5) is 4.79 Å². The van der Waals surface area contributed by atoms with E-state index in [-0.39, 0.29) is 23.9 Å². The zero-order valence-corrected chi connectivity index (χ0v) is 19.8. The van der Waals surface area contributed by atoms with E-state index in [9.17, 15) is 14.4 Å². The van der Waals surface area contributed by atoms with E-state index in [4.69, 9.17) is 4.74 Å². The molecule has 0 bridgehead atoms. The predicted octanol–water partition coefficient (Wildman–Crippen LogP) is 3.86. The summed E-state index contributed by atoms with van der Waals surface area (Å²) in [7, 11) is 0. The van der Waals surface area contributed by atoms with Gasteiger partial charge in [0.25, 0.3) is 0 Å². The number of nitrogens with zero attached hydrogens (tertiary/aromatic N) is 1. The standard InChI is InChI=1S/C24H37N3O4/c1-15(2)25-21(28)20(18-13-11-16(3)12-14-18)27(19-9-8-10-19)22(29)17(4)26-23(30)31-24(5,6)7/h11-15,17,19-20H,8-10H2,1-7H3,(H,25,28)(H,26,30). The van der Waals surface area contributed by atoms with E-state index in [1.165, 1.54) is 0 Å². The Morgan fingerprint density at radius 3 is 2.06 bits per heavy atom. The molecule has 0 saturated heterocycles. The number of rotatable bonds is 7. The van der Waals surface area contributed by atoms with E-state index in [0.717, 1.165) is 30.4 Å². The quantitative estimate of drug-likeness (QED) is 0.686. The van der Waals surface area contributed by atoms with E-state index in [1.807, 2.05) is 45.0 Å². The van der Waals surface area contributed by atoms with Gasteiger partial charge in [0, 0.05) is 12.1 Å². The van der Waals surface area contributed by atoms with Crippen molar-refractivity contribution in [2.45, 2.75) is 97.5 Å². The average molecular weight is 432 g/mol. The lowest BCUT2D eigenvalue weighted by atomic mass is 9.88. The third kappa shape index (κ3) is 6.97. The summed E-state index contributed by atoms with van der Waals surface area (Å²) in [6, 6.07) is 5.98. The van der Waals surface area contributed by atoms with E-state index in [1.54, 1.807) is 32.6 Å². The van der Waals surface area contributed by atoms with E-state index < -0.39 is 23.8 Å². The van der Waals surface area contributed by atoms with Crippen molar-refractivity contribution in [3.63, 3.8) is 0 Å². The highest BCUT2D eigenvalue weighted by Gasteiger charge is 2.41. The first kappa shape index (κ1) is 24.7. The van der Waals surface area contributed by atoms with Gasteiger partial charge in [-0.3, -0.25) is 9.59 Å². The molecule has 7 heteroatoms. The summed E-state index contributed by atoms with van der Waals surface area (Å²) in [6.45, 7) is 12.7. The Balaban J connectivity index is 2.34. The molecule has 1 aromatic carbocycles. The number of alkyl carbamates (subject to hydrolysis) is 1. The fourth-order valence-corrected chi connectivity index (χ4v) is 3.50. The Hall–Kier alpha value is -2.57. The van der Waals surface area contributed by atoms with Gasteiger partial charge in [0.05, 0.1) is 0 Å². The van der Waals surface area contributed by atoms with Crippen LogP contribution in [0, 0.1) is 6.92 Å². The first-order chi connectivity index (χ1) is 14.4. The van der Waals surface area contributed by atoms with Crippen molar-refractivity contribution in [1.82, 2.24) is 15.5 Å². The zero-order chi connectivity index (χ0) is 23.3. The zero-order valence-electron chi connectivity index (χ0n) is 19.8. The van der Waals surface area contributed by atoms with Crippen LogP contribution in [0.15, 0.2) is 24.3 Å². The molecule has 0 aliphatic heterocycles. The molecule has 3 amide bonds. The third-order valence-electron chi connectivity index (χ3n) is 5.18. The average Bonchev–Trinajstić information content (AvgIpc) is 2.58. The summed E-state index contributed by atoms with van der Waals surface area (Å²) in [5, 5.41) is 5.59. The molecule has 31 heavy (non-hydrogen) atoms. The van der Waals surface area contributed by atoms with Crippen molar-refractivity contribution in [2.24, 2.45) is 0 Å². The van der Waals surface area contributed by atoms with Gasteiger partial charge in [-0.05, 0) is 73.3 Å². The minimum atomic E-state index is -0.824.